The minimum absolute atomic E-state index is 0.0680. The number of rotatable bonds is 5. The molecule has 12 rings (SSSR count). The number of nitrogens with zero attached hydrogens (tertiary/aromatic N) is 3. The molecule has 0 fully saturated rings. The average Bonchev–Trinajstić information content (AvgIpc) is 3.87. The summed E-state index contributed by atoms with van der Waals surface area (Å²) in [6, 6.07) is 73.4. The summed E-state index contributed by atoms with van der Waals surface area (Å²) >= 11 is 0. The minimum Gasteiger partial charge on any atom is -0.309 e. The molecule has 4 heteroatoms. The van der Waals surface area contributed by atoms with Gasteiger partial charge in [-0.05, 0) is 73.7 Å². The van der Waals surface area contributed by atoms with Crippen LogP contribution in [-0.2, 0) is 5.41 Å². The molecule has 278 valence electrons. The van der Waals surface area contributed by atoms with Gasteiger partial charge in [-0.1, -0.05) is 184 Å². The smallest absolute Gasteiger partial charge is 0.203 e. The van der Waals surface area contributed by atoms with E-state index in [2.05, 4.69) is 219 Å². The van der Waals surface area contributed by atoms with Gasteiger partial charge in [-0.2, -0.15) is 0 Å². The maximum Gasteiger partial charge on any atom is 0.203 e. The lowest BCUT2D eigenvalue weighted by Crippen LogP contribution is -2.73. The molecule has 3 nitrogen and oxygen atoms in total. The van der Waals surface area contributed by atoms with Gasteiger partial charge in [0.15, 0.2) is 5.82 Å². The molecule has 0 saturated carbocycles. The summed E-state index contributed by atoms with van der Waals surface area (Å²) in [6.07, 6.45) is 0. The van der Waals surface area contributed by atoms with Crippen molar-refractivity contribution in [3.05, 3.63) is 211 Å². The van der Waals surface area contributed by atoms with Gasteiger partial charge in [0, 0.05) is 38.6 Å². The van der Waals surface area contributed by atoms with E-state index in [1.807, 2.05) is 0 Å². The first kappa shape index (κ1) is 33.9. The van der Waals surface area contributed by atoms with Gasteiger partial charge in [0.1, 0.15) is 0 Å². The number of benzene rings is 8. The lowest BCUT2D eigenvalue weighted by atomic mass is 9.82. The van der Waals surface area contributed by atoms with Gasteiger partial charge in [0.05, 0.1) is 22.0 Å². The Morgan fingerprint density at radius 3 is 1.80 bits per heavy atom. The second-order valence-electron chi connectivity index (χ2n) is 16.5. The highest BCUT2D eigenvalue weighted by Crippen LogP contribution is 2.51. The molecule has 0 unspecified atom stereocenters. The quantitative estimate of drug-likeness (QED) is 0.163. The van der Waals surface area contributed by atoms with Crippen LogP contribution in [0.3, 0.4) is 0 Å². The van der Waals surface area contributed by atoms with E-state index in [-0.39, 0.29) is 5.41 Å². The van der Waals surface area contributed by atoms with Crippen molar-refractivity contribution in [2.24, 2.45) is 0 Å². The molecular weight excluding hydrogens is 731 g/mol. The van der Waals surface area contributed by atoms with Crippen molar-refractivity contribution in [1.29, 1.82) is 0 Å². The third-order valence-electron chi connectivity index (χ3n) is 13.1. The van der Waals surface area contributed by atoms with Gasteiger partial charge in [0.25, 0.3) is 0 Å². The molecule has 0 spiro atoms. The van der Waals surface area contributed by atoms with Crippen LogP contribution in [0.25, 0.3) is 72.4 Å². The van der Waals surface area contributed by atoms with Crippen LogP contribution in [0.2, 0.25) is 0 Å². The van der Waals surface area contributed by atoms with Crippen LogP contribution < -0.4 is 20.9 Å². The first-order valence-corrected chi connectivity index (χ1v) is 22.5. The van der Waals surface area contributed by atoms with Crippen molar-refractivity contribution in [2.75, 3.05) is 0 Å². The third kappa shape index (κ3) is 4.75. The standard InChI is InChI=1S/C55H39N3Si/c1-55(2)46-27-15-12-24-41(46)44-35-49-45(34-47(44)55)42-25-13-16-28-48(42)58(49)38-32-30-36(31-33-38)52-51-43-26-14-17-29-50(43)59(39-20-8-4-9-21-39,40-22-10-5-11-23-40)54(51)57-53(56-52)37-18-6-3-7-19-37/h3-35H,1-2H3. The second-order valence-corrected chi connectivity index (χ2v) is 20.2. The monoisotopic (exact) mass is 769 g/mol. The van der Waals surface area contributed by atoms with E-state index in [1.54, 1.807) is 0 Å². The molecule has 1 aliphatic heterocycles. The topological polar surface area (TPSA) is 30.7 Å². The van der Waals surface area contributed by atoms with Crippen LogP contribution in [0, 0.1) is 0 Å². The molecule has 0 N–H and O–H groups in total. The molecule has 0 amide bonds. The fraction of sp³-hybridized carbons (Fsp3) is 0.0545. The van der Waals surface area contributed by atoms with Gasteiger partial charge in [-0.25, -0.2) is 9.97 Å². The van der Waals surface area contributed by atoms with E-state index in [0.29, 0.717) is 0 Å². The third-order valence-corrected chi connectivity index (χ3v) is 17.8. The normalized spacial score (nSPS) is 14.2. The molecule has 2 aliphatic rings. The SMILES string of the molecule is CC1(C)c2ccccc2-c2cc3c(cc21)c1ccccc1n3-c1ccc(-c2nc(-c3ccccc3)nc3c2-c2ccccc2[Si]3(c2ccccc2)c2ccccc2)cc1. The molecule has 0 atom stereocenters. The highest BCUT2D eigenvalue weighted by atomic mass is 28.3. The maximum absolute atomic E-state index is 5.66. The number of fused-ring (bicyclic) bond motifs is 9. The molecule has 0 radical (unpaired) electrons. The fourth-order valence-corrected chi connectivity index (χ4v) is 15.4. The van der Waals surface area contributed by atoms with Crippen LogP contribution in [0.5, 0.6) is 0 Å². The van der Waals surface area contributed by atoms with E-state index in [1.165, 1.54) is 65.2 Å². The second kappa shape index (κ2) is 12.7. The van der Waals surface area contributed by atoms with E-state index in [4.69, 9.17) is 9.97 Å². The summed E-state index contributed by atoms with van der Waals surface area (Å²) in [5.74, 6) is 0.749. The van der Waals surface area contributed by atoms with Gasteiger partial charge in [-0.3, -0.25) is 0 Å². The van der Waals surface area contributed by atoms with Crippen molar-refractivity contribution in [3.8, 4) is 50.6 Å². The predicted molar refractivity (Wildman–Crippen MR) is 247 cm³/mol. The first-order valence-electron chi connectivity index (χ1n) is 20.5. The maximum atomic E-state index is 5.66. The first-order chi connectivity index (χ1) is 29.0. The Bertz CT molecular complexity index is 3240. The van der Waals surface area contributed by atoms with Crippen LogP contribution >= 0.6 is 0 Å². The van der Waals surface area contributed by atoms with E-state index in [0.717, 1.165) is 39.2 Å². The zero-order chi connectivity index (χ0) is 39.3. The Kier molecular flexibility index (Phi) is 7.29. The van der Waals surface area contributed by atoms with Crippen molar-refractivity contribution in [1.82, 2.24) is 14.5 Å². The lowest BCUT2D eigenvalue weighted by molar-refractivity contribution is 0.661. The Labute approximate surface area is 345 Å². The number of hydrogen-bond acceptors (Lipinski definition) is 2. The van der Waals surface area contributed by atoms with Crippen molar-refractivity contribution < 1.29 is 0 Å². The molecule has 10 aromatic rings. The Balaban J connectivity index is 1.10. The largest absolute Gasteiger partial charge is 0.309 e. The van der Waals surface area contributed by atoms with Gasteiger partial charge in [0.2, 0.25) is 8.07 Å². The zero-order valence-electron chi connectivity index (χ0n) is 32.9. The fourth-order valence-electron chi connectivity index (χ4n) is 10.4. The molecular formula is C55H39N3Si. The lowest BCUT2D eigenvalue weighted by Gasteiger charge is -2.30. The van der Waals surface area contributed by atoms with Crippen molar-refractivity contribution in [3.63, 3.8) is 0 Å². The van der Waals surface area contributed by atoms with E-state index >= 15 is 0 Å². The van der Waals surface area contributed by atoms with Gasteiger partial charge < -0.3 is 4.57 Å². The summed E-state index contributed by atoms with van der Waals surface area (Å²) in [5, 5.41) is 7.68. The highest BCUT2D eigenvalue weighted by molar-refractivity contribution is 7.21. The van der Waals surface area contributed by atoms with Crippen LogP contribution in [0.15, 0.2) is 200 Å². The summed E-state index contributed by atoms with van der Waals surface area (Å²) in [6.45, 7) is 4.72. The summed E-state index contributed by atoms with van der Waals surface area (Å²) in [5.41, 5.74) is 14.3. The predicted octanol–water partition coefficient (Wildman–Crippen LogP) is 10.6. The molecule has 0 bridgehead atoms. The van der Waals surface area contributed by atoms with Gasteiger partial charge in [-0.15, -0.1) is 0 Å². The minimum atomic E-state index is -2.87. The molecule has 0 saturated heterocycles. The Morgan fingerprint density at radius 2 is 1.07 bits per heavy atom. The van der Waals surface area contributed by atoms with E-state index in [9.17, 15) is 0 Å². The van der Waals surface area contributed by atoms with Crippen LogP contribution in [0.1, 0.15) is 25.0 Å². The molecule has 8 aromatic carbocycles. The van der Waals surface area contributed by atoms with Crippen molar-refractivity contribution in [2.45, 2.75) is 19.3 Å². The van der Waals surface area contributed by atoms with Crippen LogP contribution in [0.4, 0.5) is 0 Å². The molecule has 1 aliphatic carbocycles. The summed E-state index contributed by atoms with van der Waals surface area (Å²) in [7, 11) is -2.87. The van der Waals surface area contributed by atoms with E-state index < -0.39 is 8.07 Å². The Morgan fingerprint density at radius 1 is 0.458 bits per heavy atom. The molecule has 3 heterocycles. The highest BCUT2D eigenvalue weighted by Gasteiger charge is 2.51. The van der Waals surface area contributed by atoms with Gasteiger partial charge >= 0.3 is 0 Å². The molecule has 59 heavy (non-hydrogen) atoms. The number of para-hydroxylation sites is 1. The number of aromatic nitrogens is 3. The summed E-state index contributed by atoms with van der Waals surface area (Å²) in [4.78, 5) is 11.2. The summed E-state index contributed by atoms with van der Waals surface area (Å²) < 4.78 is 2.44. The van der Waals surface area contributed by atoms with Crippen molar-refractivity contribution >= 4 is 50.8 Å². The van der Waals surface area contributed by atoms with Crippen LogP contribution in [-0.4, -0.2) is 22.6 Å². The molecule has 2 aromatic heterocycles. The number of hydrogen-bond donors (Lipinski definition) is 0. The Hall–Kier alpha value is -7.14. The zero-order valence-corrected chi connectivity index (χ0v) is 33.9. The average molecular weight is 770 g/mol.